The third kappa shape index (κ3) is 5.87. The molecule has 2 aromatic carbocycles. The van der Waals surface area contributed by atoms with E-state index in [-0.39, 0.29) is 18.7 Å². The molecule has 3 heterocycles. The number of hydrogen-bond acceptors (Lipinski definition) is 7. The fourth-order valence-electron chi connectivity index (χ4n) is 7.36. The Kier molecular flexibility index (Phi) is 8.79. The summed E-state index contributed by atoms with van der Waals surface area (Å²) in [6.07, 6.45) is 8.92. The first-order valence-electron chi connectivity index (χ1n) is 16.1. The van der Waals surface area contributed by atoms with Gasteiger partial charge < -0.3 is 10.2 Å². The molecule has 1 unspecified atom stereocenters. The number of hydrogen-bond donors (Lipinski definition) is 2. The second kappa shape index (κ2) is 12.9. The first kappa shape index (κ1) is 30.0. The van der Waals surface area contributed by atoms with Gasteiger partial charge >= 0.3 is 0 Å². The highest BCUT2D eigenvalue weighted by Crippen LogP contribution is 2.35. The van der Waals surface area contributed by atoms with Gasteiger partial charge in [0.1, 0.15) is 6.04 Å². The van der Waals surface area contributed by atoms with E-state index in [9.17, 15) is 24.0 Å². The van der Waals surface area contributed by atoms with Gasteiger partial charge in [0.2, 0.25) is 12.3 Å². The van der Waals surface area contributed by atoms with Crippen LogP contribution in [0.3, 0.4) is 0 Å². The number of fused-ring (bicyclic) bond motifs is 2. The van der Waals surface area contributed by atoms with Gasteiger partial charge in [-0.3, -0.25) is 39.1 Å². The third-order valence-electron chi connectivity index (χ3n) is 9.78. The Bertz CT molecular complexity index is 1400. The monoisotopic (exact) mass is 599 g/mol. The van der Waals surface area contributed by atoms with Gasteiger partial charge in [0, 0.05) is 49.5 Å². The lowest BCUT2D eigenvalue weighted by Crippen LogP contribution is -2.49. The maximum atomic E-state index is 13.3. The second-order valence-electron chi connectivity index (χ2n) is 12.6. The highest BCUT2D eigenvalue weighted by molar-refractivity contribution is 6.23. The fourth-order valence-corrected chi connectivity index (χ4v) is 7.36. The number of carbonyl (C=O) groups is 5. The molecule has 2 N–H and O–H groups in total. The lowest BCUT2D eigenvalue weighted by Gasteiger charge is -2.37. The molecule has 1 aliphatic carbocycles. The summed E-state index contributed by atoms with van der Waals surface area (Å²) in [5, 5.41) is 5.30. The van der Waals surface area contributed by atoms with Crippen LogP contribution < -0.4 is 15.5 Å². The normalized spacial score (nSPS) is 19.9. The summed E-state index contributed by atoms with van der Waals surface area (Å²) >= 11 is 0. The van der Waals surface area contributed by atoms with E-state index < -0.39 is 23.8 Å². The van der Waals surface area contributed by atoms with E-state index in [1.165, 1.54) is 19.3 Å². The third-order valence-corrected chi connectivity index (χ3v) is 9.78. The van der Waals surface area contributed by atoms with Gasteiger partial charge in [-0.15, -0.1) is 0 Å². The van der Waals surface area contributed by atoms with Gasteiger partial charge in [0.15, 0.2) is 0 Å². The molecular weight excluding hydrogens is 558 g/mol. The van der Waals surface area contributed by atoms with Crippen molar-refractivity contribution >= 4 is 35.7 Å². The van der Waals surface area contributed by atoms with Crippen molar-refractivity contribution in [3.05, 3.63) is 64.2 Å². The number of anilines is 1. The quantitative estimate of drug-likeness (QED) is 0.333. The van der Waals surface area contributed by atoms with E-state index >= 15 is 0 Å². The molecule has 2 aromatic rings. The smallest absolute Gasteiger partial charge is 0.262 e. The standard InChI is InChI=1S/C34H41N5O5/c1-2-6-30(32(42)35-21-40)39-33(43)28-17-23-19-38(20-24(23)18-29(28)34(39)44)27-13-15-37(16-14-27)26-11-9-22(10-12-26)31(41)36-25-7-4-3-5-8-25/h9-12,17-18,21,25,27,30H,2-8,13-16,19-20H2,1H3,(H,36,41)(H,35,40,42). The van der Waals surface area contributed by atoms with Crippen LogP contribution in [0, 0.1) is 0 Å². The minimum atomic E-state index is -1.01. The number of nitrogens with zero attached hydrogens (tertiary/aromatic N) is 3. The molecule has 232 valence electrons. The summed E-state index contributed by atoms with van der Waals surface area (Å²) in [4.78, 5) is 68.5. The number of benzene rings is 2. The number of amides is 5. The molecule has 44 heavy (non-hydrogen) atoms. The molecule has 1 atom stereocenters. The topological polar surface area (TPSA) is 119 Å². The highest BCUT2D eigenvalue weighted by atomic mass is 16.2. The molecule has 10 heteroatoms. The van der Waals surface area contributed by atoms with Gasteiger partial charge in [-0.05, 0) is 79.6 Å². The molecule has 1 saturated carbocycles. The largest absolute Gasteiger partial charge is 0.371 e. The summed E-state index contributed by atoms with van der Waals surface area (Å²) in [6, 6.07) is 11.3. The molecule has 10 nitrogen and oxygen atoms in total. The summed E-state index contributed by atoms with van der Waals surface area (Å²) < 4.78 is 0. The molecule has 5 amide bonds. The van der Waals surface area contributed by atoms with Crippen molar-refractivity contribution in [3.8, 4) is 0 Å². The van der Waals surface area contributed by atoms with Crippen LogP contribution in [0.5, 0.6) is 0 Å². The summed E-state index contributed by atoms with van der Waals surface area (Å²) in [6.45, 7) is 5.11. The number of nitrogens with one attached hydrogen (secondary N) is 2. The summed E-state index contributed by atoms with van der Waals surface area (Å²) in [7, 11) is 0. The van der Waals surface area contributed by atoms with Crippen LogP contribution in [-0.2, 0) is 22.7 Å². The van der Waals surface area contributed by atoms with Crippen LogP contribution in [0.4, 0.5) is 5.69 Å². The zero-order valence-corrected chi connectivity index (χ0v) is 25.3. The van der Waals surface area contributed by atoms with Gasteiger partial charge in [-0.2, -0.15) is 0 Å². The minimum Gasteiger partial charge on any atom is -0.371 e. The van der Waals surface area contributed by atoms with Crippen LogP contribution in [0.15, 0.2) is 36.4 Å². The number of carbonyl (C=O) groups excluding carboxylic acids is 5. The van der Waals surface area contributed by atoms with Crippen LogP contribution in [0.1, 0.15) is 107 Å². The van der Waals surface area contributed by atoms with Crippen molar-refractivity contribution in [3.63, 3.8) is 0 Å². The van der Waals surface area contributed by atoms with Crippen molar-refractivity contribution in [2.75, 3.05) is 18.0 Å². The first-order valence-corrected chi connectivity index (χ1v) is 16.1. The zero-order valence-electron chi connectivity index (χ0n) is 25.3. The SMILES string of the molecule is CCCC(C(=O)NC=O)N1C(=O)c2cc3c(cc2C1=O)CN(C1CCN(c2ccc(C(=O)NC4CCCCC4)cc2)CC1)C3. The predicted octanol–water partition coefficient (Wildman–Crippen LogP) is 3.77. The molecule has 0 bridgehead atoms. The van der Waals surface area contributed by atoms with E-state index in [1.54, 1.807) is 0 Å². The van der Waals surface area contributed by atoms with E-state index in [0.29, 0.717) is 48.3 Å². The maximum absolute atomic E-state index is 13.3. The molecule has 3 aliphatic heterocycles. The van der Waals surface area contributed by atoms with Crippen LogP contribution >= 0.6 is 0 Å². The number of rotatable bonds is 9. The molecule has 0 radical (unpaired) electrons. The number of piperidine rings is 1. The molecule has 0 aromatic heterocycles. The van der Waals surface area contributed by atoms with Gasteiger partial charge in [0.25, 0.3) is 17.7 Å². The van der Waals surface area contributed by atoms with Crippen LogP contribution in [-0.4, -0.2) is 71.1 Å². The van der Waals surface area contributed by atoms with Crippen molar-refractivity contribution in [2.24, 2.45) is 0 Å². The van der Waals surface area contributed by atoms with Crippen LogP contribution in [0.2, 0.25) is 0 Å². The maximum Gasteiger partial charge on any atom is 0.262 e. The summed E-state index contributed by atoms with van der Waals surface area (Å²) in [5.74, 6) is -1.58. The van der Waals surface area contributed by atoms with Crippen molar-refractivity contribution < 1.29 is 24.0 Å². The average molecular weight is 600 g/mol. The number of imide groups is 2. The molecular formula is C34H41N5O5. The highest BCUT2D eigenvalue weighted by Gasteiger charge is 2.44. The van der Waals surface area contributed by atoms with Gasteiger partial charge in [-0.25, -0.2) is 0 Å². The Morgan fingerprint density at radius 1 is 0.909 bits per heavy atom. The van der Waals surface area contributed by atoms with Crippen LogP contribution in [0.25, 0.3) is 0 Å². The minimum absolute atomic E-state index is 0.0158. The van der Waals surface area contributed by atoms with Crippen molar-refractivity contribution in [2.45, 2.75) is 95.9 Å². The lowest BCUT2D eigenvalue weighted by atomic mass is 9.95. The Balaban J connectivity index is 1.05. The Labute approximate surface area is 258 Å². The van der Waals surface area contributed by atoms with Crippen molar-refractivity contribution in [1.82, 2.24) is 20.4 Å². The molecule has 2 fully saturated rings. The van der Waals surface area contributed by atoms with Gasteiger partial charge in [-0.1, -0.05) is 32.6 Å². The van der Waals surface area contributed by atoms with Gasteiger partial charge in [0.05, 0.1) is 11.1 Å². The molecule has 1 saturated heterocycles. The average Bonchev–Trinajstić information content (AvgIpc) is 3.57. The Hall–Kier alpha value is -4.05. The molecule has 4 aliphatic rings. The van der Waals surface area contributed by atoms with E-state index in [4.69, 9.17) is 0 Å². The van der Waals surface area contributed by atoms with E-state index in [0.717, 1.165) is 60.5 Å². The summed E-state index contributed by atoms with van der Waals surface area (Å²) in [5.41, 5.74) is 4.59. The van der Waals surface area contributed by atoms with E-state index in [1.807, 2.05) is 43.3 Å². The zero-order chi connectivity index (χ0) is 30.8. The molecule has 6 rings (SSSR count). The Morgan fingerprint density at radius 3 is 2.09 bits per heavy atom. The van der Waals surface area contributed by atoms with Crippen molar-refractivity contribution in [1.29, 1.82) is 0 Å². The molecule has 0 spiro atoms. The Morgan fingerprint density at radius 2 is 1.52 bits per heavy atom. The lowest BCUT2D eigenvalue weighted by molar-refractivity contribution is -0.128. The first-order chi connectivity index (χ1) is 21.4. The fraction of sp³-hybridized carbons (Fsp3) is 0.500. The predicted molar refractivity (Wildman–Crippen MR) is 165 cm³/mol. The second-order valence-corrected chi connectivity index (χ2v) is 12.6. The van der Waals surface area contributed by atoms with E-state index in [2.05, 4.69) is 20.4 Å².